The first kappa shape index (κ1) is 13.8. The van der Waals surface area contributed by atoms with E-state index in [4.69, 9.17) is 0 Å². The van der Waals surface area contributed by atoms with E-state index < -0.39 is 10.2 Å². The lowest BCUT2D eigenvalue weighted by Gasteiger charge is -2.30. The lowest BCUT2D eigenvalue weighted by atomic mass is 10.1. The predicted molar refractivity (Wildman–Crippen MR) is 75.1 cm³/mol. The van der Waals surface area contributed by atoms with Gasteiger partial charge in [0, 0.05) is 38.3 Å². The van der Waals surface area contributed by atoms with Gasteiger partial charge in [0.05, 0.1) is 0 Å². The standard InChI is InChI=1S/C13H25N3O2S/c17-19(18,15-8-3-1-2-4-9-15)16-10-7-12-5-6-13(11-16)14-12/h12-14H,1-11H2. The Morgan fingerprint density at radius 3 is 2.21 bits per heavy atom. The summed E-state index contributed by atoms with van der Waals surface area (Å²) >= 11 is 0. The fourth-order valence-corrected chi connectivity index (χ4v) is 5.31. The summed E-state index contributed by atoms with van der Waals surface area (Å²) in [4.78, 5) is 0. The van der Waals surface area contributed by atoms with Crippen LogP contribution in [0.25, 0.3) is 0 Å². The van der Waals surface area contributed by atoms with Gasteiger partial charge in [-0.05, 0) is 32.1 Å². The normalized spacial score (nSPS) is 34.9. The third-order valence-corrected chi connectivity index (χ3v) is 6.71. The highest BCUT2D eigenvalue weighted by Crippen LogP contribution is 2.24. The van der Waals surface area contributed by atoms with E-state index in [1.54, 1.807) is 8.61 Å². The summed E-state index contributed by atoms with van der Waals surface area (Å²) in [5.74, 6) is 0. The van der Waals surface area contributed by atoms with Gasteiger partial charge in [-0.2, -0.15) is 17.0 Å². The summed E-state index contributed by atoms with van der Waals surface area (Å²) in [6, 6.07) is 0.906. The Kier molecular flexibility index (Phi) is 4.12. The van der Waals surface area contributed by atoms with E-state index in [-0.39, 0.29) is 0 Å². The van der Waals surface area contributed by atoms with E-state index in [1.165, 1.54) is 6.42 Å². The first-order valence-electron chi connectivity index (χ1n) is 7.67. The fourth-order valence-electron chi connectivity index (χ4n) is 3.56. The van der Waals surface area contributed by atoms with Gasteiger partial charge >= 0.3 is 0 Å². The van der Waals surface area contributed by atoms with Gasteiger partial charge < -0.3 is 5.32 Å². The van der Waals surface area contributed by atoms with E-state index in [1.807, 2.05) is 0 Å². The summed E-state index contributed by atoms with van der Waals surface area (Å²) in [5.41, 5.74) is 0. The summed E-state index contributed by atoms with van der Waals surface area (Å²) in [6.45, 7) is 2.77. The van der Waals surface area contributed by atoms with Crippen molar-refractivity contribution < 1.29 is 8.42 Å². The molecule has 0 amide bonds. The van der Waals surface area contributed by atoms with Gasteiger partial charge in [-0.3, -0.25) is 0 Å². The first-order valence-corrected chi connectivity index (χ1v) is 9.07. The Labute approximate surface area is 116 Å². The highest BCUT2D eigenvalue weighted by Gasteiger charge is 2.36. The van der Waals surface area contributed by atoms with Crippen molar-refractivity contribution in [1.29, 1.82) is 0 Å². The maximum atomic E-state index is 12.7. The minimum Gasteiger partial charge on any atom is -0.310 e. The second kappa shape index (κ2) is 5.68. The minimum atomic E-state index is -3.23. The smallest absolute Gasteiger partial charge is 0.282 e. The van der Waals surface area contributed by atoms with Crippen LogP contribution in [0, 0.1) is 0 Å². The minimum absolute atomic E-state index is 0.370. The molecule has 2 atom stereocenters. The van der Waals surface area contributed by atoms with Crippen molar-refractivity contribution in [3.05, 3.63) is 0 Å². The van der Waals surface area contributed by atoms with Crippen LogP contribution in [0.3, 0.4) is 0 Å². The number of hydrogen-bond donors (Lipinski definition) is 1. The average Bonchev–Trinajstić information content (AvgIpc) is 2.57. The molecule has 3 aliphatic rings. The lowest BCUT2D eigenvalue weighted by Crippen LogP contribution is -2.47. The van der Waals surface area contributed by atoms with Gasteiger partial charge in [0.2, 0.25) is 0 Å². The Hall–Kier alpha value is -0.170. The molecule has 0 aromatic rings. The van der Waals surface area contributed by atoms with Gasteiger partial charge in [-0.25, -0.2) is 0 Å². The molecule has 5 nitrogen and oxygen atoms in total. The third kappa shape index (κ3) is 2.96. The number of nitrogens with zero attached hydrogens (tertiary/aromatic N) is 2. The van der Waals surface area contributed by atoms with Crippen LogP contribution >= 0.6 is 0 Å². The number of hydrogen-bond acceptors (Lipinski definition) is 3. The van der Waals surface area contributed by atoms with Crippen molar-refractivity contribution in [3.63, 3.8) is 0 Å². The maximum absolute atomic E-state index is 12.7. The van der Waals surface area contributed by atoms with Crippen molar-refractivity contribution in [2.75, 3.05) is 26.2 Å². The van der Waals surface area contributed by atoms with Crippen molar-refractivity contribution >= 4 is 10.2 Å². The lowest BCUT2D eigenvalue weighted by molar-refractivity contribution is 0.327. The molecule has 2 unspecified atom stereocenters. The van der Waals surface area contributed by atoms with Crippen molar-refractivity contribution in [1.82, 2.24) is 13.9 Å². The Morgan fingerprint density at radius 1 is 0.789 bits per heavy atom. The quantitative estimate of drug-likeness (QED) is 0.822. The van der Waals surface area contributed by atoms with Crippen LogP contribution in [0.15, 0.2) is 0 Å². The Bertz CT molecular complexity index is 404. The van der Waals surface area contributed by atoms with E-state index in [9.17, 15) is 8.42 Å². The fraction of sp³-hybridized carbons (Fsp3) is 1.00. The monoisotopic (exact) mass is 287 g/mol. The molecule has 110 valence electrons. The van der Waals surface area contributed by atoms with Crippen molar-refractivity contribution in [2.45, 2.75) is 57.0 Å². The molecular weight excluding hydrogens is 262 g/mol. The largest absolute Gasteiger partial charge is 0.310 e. The second-order valence-electron chi connectivity index (χ2n) is 6.11. The summed E-state index contributed by atoms with van der Waals surface area (Å²) in [5, 5.41) is 3.55. The van der Waals surface area contributed by atoms with Crippen LogP contribution in [0.1, 0.15) is 44.9 Å². The third-order valence-electron chi connectivity index (χ3n) is 4.70. The molecule has 0 aliphatic carbocycles. The topological polar surface area (TPSA) is 52.7 Å². The SMILES string of the molecule is O=S(=O)(N1CCCCCC1)N1CCC2CCC(C1)N2. The summed E-state index contributed by atoms with van der Waals surface area (Å²) in [6.07, 6.45) is 7.65. The molecule has 3 rings (SSSR count). The van der Waals surface area contributed by atoms with Gasteiger partial charge in [0.25, 0.3) is 10.2 Å². The maximum Gasteiger partial charge on any atom is 0.282 e. The van der Waals surface area contributed by atoms with Crippen LogP contribution in [0.2, 0.25) is 0 Å². The van der Waals surface area contributed by atoms with Crippen molar-refractivity contribution in [3.8, 4) is 0 Å². The molecule has 3 heterocycles. The Morgan fingerprint density at radius 2 is 1.47 bits per heavy atom. The summed E-state index contributed by atoms with van der Waals surface area (Å²) in [7, 11) is -3.23. The number of nitrogens with one attached hydrogen (secondary N) is 1. The molecule has 1 N–H and O–H groups in total. The molecule has 3 saturated heterocycles. The van der Waals surface area contributed by atoms with Crippen LogP contribution in [0.4, 0.5) is 0 Å². The van der Waals surface area contributed by atoms with E-state index >= 15 is 0 Å². The van der Waals surface area contributed by atoms with Crippen molar-refractivity contribution in [2.24, 2.45) is 0 Å². The zero-order valence-corrected chi connectivity index (χ0v) is 12.4. The molecule has 2 bridgehead atoms. The van der Waals surface area contributed by atoms with Gasteiger partial charge in [-0.1, -0.05) is 12.8 Å². The highest BCUT2D eigenvalue weighted by atomic mass is 32.2. The average molecular weight is 287 g/mol. The molecule has 0 aromatic carbocycles. The van der Waals surface area contributed by atoms with E-state index in [2.05, 4.69) is 5.32 Å². The van der Waals surface area contributed by atoms with E-state index in [0.29, 0.717) is 38.3 Å². The first-order chi connectivity index (χ1) is 9.16. The van der Waals surface area contributed by atoms with Gasteiger partial charge in [-0.15, -0.1) is 0 Å². The molecule has 0 radical (unpaired) electrons. The second-order valence-corrected chi connectivity index (χ2v) is 8.03. The molecule has 0 aromatic heterocycles. The van der Waals surface area contributed by atoms with Crippen LogP contribution in [0.5, 0.6) is 0 Å². The molecule has 3 aliphatic heterocycles. The van der Waals surface area contributed by atoms with Crippen LogP contribution in [-0.2, 0) is 10.2 Å². The molecule has 0 spiro atoms. The molecule has 6 heteroatoms. The number of rotatable bonds is 2. The van der Waals surface area contributed by atoms with Gasteiger partial charge in [0.1, 0.15) is 0 Å². The molecule has 19 heavy (non-hydrogen) atoms. The number of fused-ring (bicyclic) bond motifs is 2. The highest BCUT2D eigenvalue weighted by molar-refractivity contribution is 7.86. The zero-order valence-electron chi connectivity index (χ0n) is 11.6. The molecule has 0 saturated carbocycles. The predicted octanol–water partition coefficient (Wildman–Crippen LogP) is 0.933. The summed E-state index contributed by atoms with van der Waals surface area (Å²) < 4.78 is 28.9. The van der Waals surface area contributed by atoms with E-state index in [0.717, 1.165) is 38.5 Å². The van der Waals surface area contributed by atoms with Crippen LogP contribution in [-0.4, -0.2) is 55.3 Å². The van der Waals surface area contributed by atoms with Gasteiger partial charge in [0.15, 0.2) is 0 Å². The Balaban J connectivity index is 1.71. The molecule has 3 fully saturated rings. The zero-order chi connectivity index (χ0) is 13.3. The molecular formula is C13H25N3O2S. The van der Waals surface area contributed by atoms with Crippen LogP contribution < -0.4 is 5.32 Å².